The lowest BCUT2D eigenvalue weighted by Crippen LogP contribution is -2.23. The lowest BCUT2D eigenvalue weighted by Gasteiger charge is -2.36. The molecule has 2 bridgehead atoms. The molecule has 0 aromatic carbocycles. The van der Waals surface area contributed by atoms with Crippen molar-refractivity contribution in [1.82, 2.24) is 0 Å². The van der Waals surface area contributed by atoms with Crippen LogP contribution in [0.4, 0.5) is 0 Å². The summed E-state index contributed by atoms with van der Waals surface area (Å²) in [6.45, 7) is 8.84. The maximum Gasteiger partial charge on any atom is 0.0639 e. The van der Waals surface area contributed by atoms with E-state index < -0.39 is 0 Å². The Labute approximate surface area is 105 Å². The molecule has 17 heavy (non-hydrogen) atoms. The van der Waals surface area contributed by atoms with E-state index in [0.717, 1.165) is 24.3 Å². The molecule has 1 N–H and O–H groups in total. The van der Waals surface area contributed by atoms with Crippen LogP contribution in [-0.2, 0) is 0 Å². The summed E-state index contributed by atoms with van der Waals surface area (Å²) in [4.78, 5) is 0. The minimum Gasteiger partial charge on any atom is -0.392 e. The normalized spacial score (nSPS) is 32.9. The lowest BCUT2D eigenvalue weighted by atomic mass is 9.68. The number of rotatable bonds is 4. The van der Waals surface area contributed by atoms with E-state index in [0.29, 0.717) is 0 Å². The van der Waals surface area contributed by atoms with Gasteiger partial charge in [-0.05, 0) is 44.9 Å². The van der Waals surface area contributed by atoms with Crippen LogP contribution < -0.4 is 0 Å². The monoisotopic (exact) mass is 232 g/mol. The largest absolute Gasteiger partial charge is 0.392 e. The molecule has 2 rings (SSSR count). The van der Waals surface area contributed by atoms with Gasteiger partial charge in [0, 0.05) is 5.41 Å². The molecule has 0 saturated heterocycles. The Morgan fingerprint density at radius 3 is 3.12 bits per heavy atom. The zero-order chi connectivity index (χ0) is 12.5. The minimum atomic E-state index is 0.183. The van der Waals surface area contributed by atoms with Crippen LogP contribution in [0.25, 0.3) is 0 Å². The number of aliphatic hydroxyl groups is 1. The zero-order valence-electron chi connectivity index (χ0n) is 11.1. The molecule has 0 saturated carbocycles. The van der Waals surface area contributed by atoms with E-state index in [9.17, 15) is 0 Å². The van der Waals surface area contributed by atoms with E-state index in [1.807, 2.05) is 6.92 Å². The van der Waals surface area contributed by atoms with Gasteiger partial charge in [0.1, 0.15) is 0 Å². The van der Waals surface area contributed by atoms with E-state index >= 15 is 0 Å². The molecule has 2 aliphatic rings. The molecule has 0 aromatic rings. The molecule has 0 spiro atoms. The van der Waals surface area contributed by atoms with Crippen molar-refractivity contribution in [3.63, 3.8) is 0 Å². The molecule has 1 heteroatoms. The molecule has 0 heterocycles. The molecule has 0 aliphatic heterocycles. The molecule has 1 unspecified atom stereocenters. The number of hydrogen-bond acceptors (Lipinski definition) is 1. The van der Waals surface area contributed by atoms with E-state index in [-0.39, 0.29) is 12.0 Å². The molecule has 0 amide bonds. The first kappa shape index (κ1) is 12.6. The highest BCUT2D eigenvalue weighted by molar-refractivity contribution is 5.35. The minimum absolute atomic E-state index is 0.183. The Morgan fingerprint density at radius 1 is 1.65 bits per heavy atom. The average molecular weight is 232 g/mol. The third-order valence-electron chi connectivity index (χ3n) is 4.61. The van der Waals surface area contributed by atoms with E-state index in [2.05, 4.69) is 25.7 Å². The van der Waals surface area contributed by atoms with Crippen LogP contribution in [0.15, 0.2) is 35.5 Å². The Morgan fingerprint density at radius 2 is 2.41 bits per heavy atom. The summed E-state index contributed by atoms with van der Waals surface area (Å²) in [6.07, 6.45) is 10.6. The molecule has 0 aromatic heterocycles. The van der Waals surface area contributed by atoms with Crippen LogP contribution >= 0.6 is 0 Å². The van der Waals surface area contributed by atoms with Gasteiger partial charge in [0.15, 0.2) is 0 Å². The van der Waals surface area contributed by atoms with Crippen molar-refractivity contribution in [2.75, 3.05) is 6.61 Å². The Balaban J connectivity index is 2.05. The molecular weight excluding hydrogens is 208 g/mol. The van der Waals surface area contributed by atoms with Crippen molar-refractivity contribution in [3.05, 3.63) is 35.5 Å². The van der Waals surface area contributed by atoms with E-state index in [4.69, 9.17) is 5.11 Å². The fourth-order valence-corrected chi connectivity index (χ4v) is 3.19. The predicted octanol–water partition coefficient (Wildman–Crippen LogP) is 4.01. The molecule has 0 radical (unpaired) electrons. The summed E-state index contributed by atoms with van der Waals surface area (Å²) in [5.74, 6) is 0.778. The predicted molar refractivity (Wildman–Crippen MR) is 72.7 cm³/mol. The summed E-state index contributed by atoms with van der Waals surface area (Å²) < 4.78 is 0. The second-order valence-electron chi connectivity index (χ2n) is 5.88. The summed E-state index contributed by atoms with van der Waals surface area (Å²) in [5.41, 5.74) is 4.34. The summed E-state index contributed by atoms with van der Waals surface area (Å²) in [7, 11) is 0. The van der Waals surface area contributed by atoms with Crippen molar-refractivity contribution >= 4 is 0 Å². The van der Waals surface area contributed by atoms with Gasteiger partial charge < -0.3 is 5.11 Å². The van der Waals surface area contributed by atoms with Crippen molar-refractivity contribution in [2.24, 2.45) is 11.3 Å². The maximum atomic E-state index is 9.00. The zero-order valence-corrected chi connectivity index (χ0v) is 11.1. The molecule has 2 atom stereocenters. The van der Waals surface area contributed by atoms with Gasteiger partial charge in [-0.1, -0.05) is 42.4 Å². The van der Waals surface area contributed by atoms with E-state index in [1.54, 1.807) is 5.57 Å². The Bertz CT molecular complexity index is 375. The number of aliphatic hydroxyl groups excluding tert-OH is 1. The molecule has 0 fully saturated rings. The first-order valence-corrected chi connectivity index (χ1v) is 6.72. The third-order valence-corrected chi connectivity index (χ3v) is 4.61. The van der Waals surface area contributed by atoms with Gasteiger partial charge in [-0.15, -0.1) is 0 Å². The van der Waals surface area contributed by atoms with Crippen LogP contribution in [0.1, 0.15) is 46.0 Å². The van der Waals surface area contributed by atoms with Gasteiger partial charge in [-0.25, -0.2) is 0 Å². The van der Waals surface area contributed by atoms with Crippen molar-refractivity contribution in [2.45, 2.75) is 46.0 Å². The van der Waals surface area contributed by atoms with Gasteiger partial charge in [0.05, 0.1) is 6.61 Å². The van der Waals surface area contributed by atoms with Crippen LogP contribution in [0, 0.1) is 11.3 Å². The number of fused-ring (bicyclic) bond motifs is 1. The molecule has 1 nitrogen and oxygen atoms in total. The van der Waals surface area contributed by atoms with Crippen LogP contribution in [0.2, 0.25) is 0 Å². The first-order valence-electron chi connectivity index (χ1n) is 6.72. The smallest absolute Gasteiger partial charge is 0.0639 e. The first-order chi connectivity index (χ1) is 8.06. The average Bonchev–Trinajstić information content (AvgIpc) is 2.72. The standard InChI is InChI=1S/C16H24O/c1-12(11-17)5-4-8-16(3)13(2)9-14-6-7-15(16)10-14/h5,10,14,17H,2,4,6-9,11H2,1,3H3/b12-5-/t14?,16-/m0/s1. The van der Waals surface area contributed by atoms with Gasteiger partial charge in [-0.3, -0.25) is 0 Å². The quantitative estimate of drug-likeness (QED) is 0.726. The third kappa shape index (κ3) is 2.40. The molecular formula is C16H24O. The van der Waals surface area contributed by atoms with Crippen LogP contribution in [0.5, 0.6) is 0 Å². The van der Waals surface area contributed by atoms with Gasteiger partial charge in [-0.2, -0.15) is 0 Å². The van der Waals surface area contributed by atoms with Gasteiger partial charge in [0.25, 0.3) is 0 Å². The van der Waals surface area contributed by atoms with E-state index in [1.165, 1.54) is 24.8 Å². The highest BCUT2D eigenvalue weighted by Gasteiger charge is 2.39. The maximum absolute atomic E-state index is 9.00. The molecule has 94 valence electrons. The summed E-state index contributed by atoms with van der Waals surface area (Å²) >= 11 is 0. The fourth-order valence-electron chi connectivity index (χ4n) is 3.19. The molecule has 2 aliphatic carbocycles. The van der Waals surface area contributed by atoms with Crippen molar-refractivity contribution in [1.29, 1.82) is 0 Å². The summed E-state index contributed by atoms with van der Waals surface area (Å²) in [5, 5.41) is 9.00. The highest BCUT2D eigenvalue weighted by atomic mass is 16.3. The topological polar surface area (TPSA) is 20.2 Å². The number of hydrogen-bond donors (Lipinski definition) is 1. The number of allylic oxidation sites excluding steroid dienone is 4. The second kappa shape index (κ2) is 4.81. The SMILES string of the molecule is C=C1CC2C=C(CC2)[C@@]1(C)CC/C=C(/C)CO. The fraction of sp³-hybridized carbons (Fsp3) is 0.625. The van der Waals surface area contributed by atoms with Crippen molar-refractivity contribution < 1.29 is 5.11 Å². The Kier molecular flexibility index (Phi) is 3.58. The van der Waals surface area contributed by atoms with Crippen LogP contribution in [0.3, 0.4) is 0 Å². The van der Waals surface area contributed by atoms with Gasteiger partial charge >= 0.3 is 0 Å². The van der Waals surface area contributed by atoms with Crippen molar-refractivity contribution in [3.8, 4) is 0 Å². The Hall–Kier alpha value is -0.820. The van der Waals surface area contributed by atoms with Crippen LogP contribution in [-0.4, -0.2) is 11.7 Å². The summed E-state index contributed by atoms with van der Waals surface area (Å²) in [6, 6.07) is 0. The second-order valence-corrected chi connectivity index (χ2v) is 5.88. The lowest BCUT2D eigenvalue weighted by molar-refractivity contribution is 0.330. The highest BCUT2D eigenvalue weighted by Crippen LogP contribution is 2.52. The van der Waals surface area contributed by atoms with Gasteiger partial charge in [0.2, 0.25) is 0 Å².